The molecule has 1 amide bonds. The lowest BCUT2D eigenvalue weighted by Crippen LogP contribution is -2.36. The zero-order chi connectivity index (χ0) is 17.6. The lowest BCUT2D eigenvalue weighted by molar-refractivity contribution is 0.0751. The van der Waals surface area contributed by atoms with Crippen LogP contribution in [0, 0.1) is 5.82 Å². The molecule has 2 heterocycles. The fraction of sp³-hybridized carbons (Fsp3) is 0.444. The third-order valence-electron chi connectivity index (χ3n) is 4.45. The molecular formula is C18H23FN4O2. The van der Waals surface area contributed by atoms with E-state index < -0.39 is 0 Å². The van der Waals surface area contributed by atoms with Gasteiger partial charge in [0.25, 0.3) is 5.91 Å². The number of methoxy groups -OCH3 is 1. The lowest BCUT2D eigenvalue weighted by atomic mass is 10.3. The first-order chi connectivity index (χ1) is 12.2. The number of carbonyl (C=O) groups excluding carboxylic acids is 1. The van der Waals surface area contributed by atoms with Crippen molar-refractivity contribution in [2.24, 2.45) is 0 Å². The fourth-order valence-electron chi connectivity index (χ4n) is 3.04. The van der Waals surface area contributed by atoms with Gasteiger partial charge in [0.1, 0.15) is 11.5 Å². The minimum atomic E-state index is -0.305. The van der Waals surface area contributed by atoms with Crippen LogP contribution >= 0.6 is 0 Å². The quantitative estimate of drug-likeness (QED) is 0.828. The van der Waals surface area contributed by atoms with E-state index in [4.69, 9.17) is 4.74 Å². The van der Waals surface area contributed by atoms with Crippen LogP contribution in [-0.2, 0) is 4.74 Å². The highest BCUT2D eigenvalue weighted by Crippen LogP contribution is 2.15. The molecule has 25 heavy (non-hydrogen) atoms. The molecule has 0 saturated carbocycles. The highest BCUT2D eigenvalue weighted by molar-refractivity contribution is 5.93. The smallest absolute Gasteiger partial charge is 0.272 e. The number of halogens is 1. The molecule has 2 aromatic rings. The van der Waals surface area contributed by atoms with Crippen molar-refractivity contribution in [1.82, 2.24) is 19.4 Å². The third kappa shape index (κ3) is 4.24. The van der Waals surface area contributed by atoms with Crippen molar-refractivity contribution >= 4 is 5.91 Å². The van der Waals surface area contributed by atoms with E-state index in [0.717, 1.165) is 38.3 Å². The molecule has 1 aromatic carbocycles. The fourth-order valence-corrected chi connectivity index (χ4v) is 3.04. The molecule has 0 bridgehead atoms. The van der Waals surface area contributed by atoms with E-state index in [1.54, 1.807) is 36.3 Å². The average Bonchev–Trinajstić information content (AvgIpc) is 2.99. The molecule has 0 spiro atoms. The van der Waals surface area contributed by atoms with Crippen LogP contribution in [0.1, 0.15) is 16.9 Å². The molecule has 1 aliphatic rings. The molecule has 0 atom stereocenters. The summed E-state index contributed by atoms with van der Waals surface area (Å²) in [5.41, 5.74) is 1.22. The molecular weight excluding hydrogens is 323 g/mol. The number of amides is 1. The first kappa shape index (κ1) is 17.6. The van der Waals surface area contributed by atoms with Crippen molar-refractivity contribution in [2.45, 2.75) is 6.42 Å². The van der Waals surface area contributed by atoms with Crippen LogP contribution in [0.3, 0.4) is 0 Å². The number of nitrogens with zero attached hydrogens (tertiary/aromatic N) is 4. The van der Waals surface area contributed by atoms with Gasteiger partial charge in [0.05, 0.1) is 19.1 Å². The normalized spacial score (nSPS) is 16.0. The maximum atomic E-state index is 13.1. The summed E-state index contributed by atoms with van der Waals surface area (Å²) in [5.74, 6) is -0.351. The van der Waals surface area contributed by atoms with Crippen LogP contribution in [0.15, 0.2) is 36.8 Å². The molecule has 0 radical (unpaired) electrons. The highest BCUT2D eigenvalue weighted by atomic mass is 19.1. The zero-order valence-corrected chi connectivity index (χ0v) is 14.4. The predicted octanol–water partition coefficient (Wildman–Crippen LogP) is 1.81. The van der Waals surface area contributed by atoms with E-state index in [9.17, 15) is 9.18 Å². The molecule has 0 unspecified atom stereocenters. The molecule has 0 N–H and O–H groups in total. The largest absolute Gasteiger partial charge is 0.383 e. The van der Waals surface area contributed by atoms with Gasteiger partial charge < -0.3 is 9.64 Å². The van der Waals surface area contributed by atoms with Crippen molar-refractivity contribution in [3.63, 3.8) is 0 Å². The highest BCUT2D eigenvalue weighted by Gasteiger charge is 2.23. The van der Waals surface area contributed by atoms with Gasteiger partial charge in [-0.25, -0.2) is 9.37 Å². The molecule has 1 aromatic heterocycles. The third-order valence-corrected chi connectivity index (χ3v) is 4.45. The Balaban J connectivity index is 1.71. The van der Waals surface area contributed by atoms with Gasteiger partial charge in [-0.05, 0) is 37.2 Å². The van der Waals surface area contributed by atoms with E-state index >= 15 is 0 Å². The van der Waals surface area contributed by atoms with E-state index in [1.807, 2.05) is 4.90 Å². The Morgan fingerprint density at radius 1 is 1.20 bits per heavy atom. The zero-order valence-electron chi connectivity index (χ0n) is 14.4. The van der Waals surface area contributed by atoms with Crippen LogP contribution < -0.4 is 0 Å². The number of aromatic nitrogens is 2. The Labute approximate surface area is 146 Å². The predicted molar refractivity (Wildman–Crippen MR) is 92.4 cm³/mol. The molecule has 0 aliphatic carbocycles. The molecule has 3 rings (SSSR count). The minimum absolute atomic E-state index is 0.0459. The average molecular weight is 346 g/mol. The summed E-state index contributed by atoms with van der Waals surface area (Å²) in [5, 5.41) is 0. The Bertz CT molecular complexity index is 701. The number of rotatable bonds is 5. The lowest BCUT2D eigenvalue weighted by Gasteiger charge is -2.22. The molecule has 134 valence electrons. The summed E-state index contributed by atoms with van der Waals surface area (Å²) in [7, 11) is 1.70. The van der Waals surface area contributed by atoms with E-state index in [1.165, 1.54) is 12.1 Å². The van der Waals surface area contributed by atoms with Gasteiger partial charge in [0, 0.05) is 39.0 Å². The maximum absolute atomic E-state index is 13.1. The van der Waals surface area contributed by atoms with Crippen molar-refractivity contribution < 1.29 is 13.9 Å². The Kier molecular flexibility index (Phi) is 5.78. The molecule has 6 nitrogen and oxygen atoms in total. The number of imidazole rings is 1. The topological polar surface area (TPSA) is 50.6 Å². The van der Waals surface area contributed by atoms with E-state index in [2.05, 4.69) is 9.88 Å². The van der Waals surface area contributed by atoms with E-state index in [0.29, 0.717) is 18.8 Å². The number of hydrogen-bond acceptors (Lipinski definition) is 4. The first-order valence-corrected chi connectivity index (χ1v) is 8.48. The summed E-state index contributed by atoms with van der Waals surface area (Å²) in [6, 6.07) is 6.04. The van der Waals surface area contributed by atoms with Crippen LogP contribution in [0.5, 0.6) is 0 Å². The number of hydrogen-bond donors (Lipinski definition) is 0. The van der Waals surface area contributed by atoms with Crippen LogP contribution in [0.4, 0.5) is 4.39 Å². The molecule has 1 fully saturated rings. The van der Waals surface area contributed by atoms with Gasteiger partial charge in [0.2, 0.25) is 0 Å². The molecule has 1 saturated heterocycles. The second kappa shape index (κ2) is 8.22. The Morgan fingerprint density at radius 2 is 2.00 bits per heavy atom. The van der Waals surface area contributed by atoms with Crippen molar-refractivity contribution in [3.05, 3.63) is 48.3 Å². The first-order valence-electron chi connectivity index (χ1n) is 8.48. The van der Waals surface area contributed by atoms with Gasteiger partial charge in [-0.2, -0.15) is 0 Å². The Morgan fingerprint density at radius 3 is 2.76 bits per heavy atom. The number of carbonyl (C=O) groups is 1. The van der Waals surface area contributed by atoms with Gasteiger partial charge in [0.15, 0.2) is 0 Å². The molecule has 1 aliphatic heterocycles. The number of ether oxygens (including phenoxy) is 1. The Hall–Kier alpha value is -2.25. The SMILES string of the molecule is COCCN1CCCN(C(=O)c2cncn2-c2ccc(F)cc2)CC1. The van der Waals surface area contributed by atoms with Crippen LogP contribution in [-0.4, -0.2) is 71.7 Å². The van der Waals surface area contributed by atoms with E-state index in [-0.39, 0.29) is 11.7 Å². The van der Waals surface area contributed by atoms with Gasteiger partial charge in [-0.3, -0.25) is 14.3 Å². The van der Waals surface area contributed by atoms with Gasteiger partial charge in [-0.1, -0.05) is 0 Å². The summed E-state index contributed by atoms with van der Waals surface area (Å²) < 4.78 is 20.0. The van der Waals surface area contributed by atoms with Crippen LogP contribution in [0.2, 0.25) is 0 Å². The maximum Gasteiger partial charge on any atom is 0.272 e. The van der Waals surface area contributed by atoms with Gasteiger partial charge in [-0.15, -0.1) is 0 Å². The summed E-state index contributed by atoms with van der Waals surface area (Å²) in [6.45, 7) is 4.77. The second-order valence-electron chi connectivity index (χ2n) is 6.11. The second-order valence-corrected chi connectivity index (χ2v) is 6.11. The van der Waals surface area contributed by atoms with Crippen LogP contribution in [0.25, 0.3) is 5.69 Å². The molecule has 7 heteroatoms. The minimum Gasteiger partial charge on any atom is -0.383 e. The number of benzene rings is 1. The summed E-state index contributed by atoms with van der Waals surface area (Å²) in [6.07, 6.45) is 4.09. The van der Waals surface area contributed by atoms with Crippen molar-refractivity contribution in [1.29, 1.82) is 0 Å². The standard InChI is InChI=1S/C18H23FN4O2/c1-25-12-11-21-7-2-8-22(10-9-21)18(24)17-13-20-14-23(17)16-5-3-15(19)4-6-16/h3-6,13-14H,2,7-12H2,1H3. The summed E-state index contributed by atoms with van der Waals surface area (Å²) in [4.78, 5) is 21.2. The van der Waals surface area contributed by atoms with Crippen molar-refractivity contribution in [2.75, 3.05) is 46.4 Å². The monoisotopic (exact) mass is 346 g/mol. The van der Waals surface area contributed by atoms with Gasteiger partial charge >= 0.3 is 0 Å². The van der Waals surface area contributed by atoms with Crippen molar-refractivity contribution in [3.8, 4) is 5.69 Å². The summed E-state index contributed by atoms with van der Waals surface area (Å²) >= 11 is 0.